The predicted octanol–water partition coefficient (Wildman–Crippen LogP) is -11.5. The summed E-state index contributed by atoms with van der Waals surface area (Å²) in [6.07, 6.45) is 0. The van der Waals surface area contributed by atoms with Crippen LogP contribution in [0.25, 0.3) is 0 Å². The third-order valence-corrected chi connectivity index (χ3v) is 0. The Labute approximate surface area is 188 Å². The van der Waals surface area contributed by atoms with Gasteiger partial charge >= 0.3 is 62.1 Å². The summed E-state index contributed by atoms with van der Waals surface area (Å²) in [6.45, 7) is 18.1. The first kappa shape index (κ1) is 96.5. The summed E-state index contributed by atoms with van der Waals surface area (Å²) in [7, 11) is 0. The van der Waals surface area contributed by atoms with Crippen molar-refractivity contribution in [1.29, 1.82) is 0 Å². The molecular weight excluding hydrogens is 393 g/mol. The maximum absolute atomic E-state index is 8.93. The molecule has 0 spiro atoms. The molecule has 9 heteroatoms. The Morgan fingerprint density at radius 2 is 0.632 bits per heavy atom. The van der Waals surface area contributed by atoms with E-state index in [4.69, 9.17) is 10.2 Å². The van der Waals surface area contributed by atoms with Crippen molar-refractivity contribution in [3.8, 4) is 0 Å². The normalized spacial score (nSPS) is 2.84. The van der Waals surface area contributed by atoms with Gasteiger partial charge in [0.25, 0.3) is 0 Å². The minimum Gasteiger partial charge on any atom is -1.00 e. The average molecular weight is 418 g/mol. The summed E-state index contributed by atoms with van der Waals surface area (Å²) in [5, 5.41) is 17.9. The summed E-state index contributed by atoms with van der Waals surface area (Å²) in [4.78, 5) is 0. The Morgan fingerprint density at radius 1 is 0.632 bits per heavy atom. The molecular formula is C10H25AlCl4MgO2Ti. The van der Waals surface area contributed by atoms with Crippen LogP contribution in [-0.4, -0.2) is 53.6 Å². The van der Waals surface area contributed by atoms with Gasteiger partial charge in [0.1, 0.15) is 0 Å². The van der Waals surface area contributed by atoms with Crippen LogP contribution in [0.3, 0.4) is 0 Å². The summed E-state index contributed by atoms with van der Waals surface area (Å²) in [5.41, 5.74) is 0. The average Bonchev–Trinajstić information content (AvgIpc) is 2.16. The van der Waals surface area contributed by atoms with Gasteiger partial charge in [-0.05, 0) is 0 Å². The van der Waals surface area contributed by atoms with Crippen molar-refractivity contribution in [2.45, 2.75) is 34.6 Å². The Hall–Kier alpha value is 3.09. The van der Waals surface area contributed by atoms with Crippen molar-refractivity contribution in [1.82, 2.24) is 0 Å². The Balaban J connectivity index is -0.00000000299. The molecule has 0 aliphatic carbocycles. The van der Waals surface area contributed by atoms with E-state index in [1.54, 1.807) is 34.6 Å². The molecule has 0 heterocycles. The fourth-order valence-electron chi connectivity index (χ4n) is 0. The van der Waals surface area contributed by atoms with Crippen LogP contribution in [0.4, 0.5) is 0 Å². The first-order valence-electron chi connectivity index (χ1n) is 4.11. The van der Waals surface area contributed by atoms with Crippen molar-refractivity contribution in [2.24, 2.45) is 0 Å². The molecule has 0 aromatic carbocycles. The van der Waals surface area contributed by atoms with E-state index in [0.29, 0.717) is 0 Å². The molecule has 0 amide bonds. The molecule has 0 N–H and O–H groups in total. The Bertz CT molecular complexity index is 39.5. The minimum absolute atomic E-state index is 0. The van der Waals surface area contributed by atoms with Crippen molar-refractivity contribution in [2.75, 3.05) is 13.2 Å². The van der Waals surface area contributed by atoms with Crippen LogP contribution in [0.5, 0.6) is 0 Å². The summed E-state index contributed by atoms with van der Waals surface area (Å²) in [6, 6.07) is 0. The molecule has 19 heavy (non-hydrogen) atoms. The fraction of sp³-hybridized carbons (Fsp3) is 0.700. The molecule has 0 fully saturated rings. The number of hydrogen-bond donors (Lipinski definition) is 0. The fourth-order valence-corrected chi connectivity index (χ4v) is 0. The second-order valence-electron chi connectivity index (χ2n) is 0.577. The molecule has 2 nitrogen and oxygen atoms in total. The number of rotatable bonds is 0. The van der Waals surface area contributed by atoms with E-state index < -0.39 is 0 Å². The number of hydrogen-bond acceptors (Lipinski definition) is 2. The molecule has 0 unspecified atom stereocenters. The summed E-state index contributed by atoms with van der Waals surface area (Å²) in [5.74, 6) is 0. The van der Waals surface area contributed by atoms with Crippen LogP contribution in [-0.2, 0) is 21.7 Å². The van der Waals surface area contributed by atoms with Gasteiger partial charge in [0, 0.05) is 0 Å². The first-order chi connectivity index (χ1) is 5.83. The Kier molecular flexibility index (Phi) is 1670. The van der Waals surface area contributed by atoms with Crippen molar-refractivity contribution in [3.63, 3.8) is 0 Å². The van der Waals surface area contributed by atoms with Crippen LogP contribution in [0.15, 0.2) is 0 Å². The van der Waals surface area contributed by atoms with Gasteiger partial charge in [-0.1, -0.05) is 13.8 Å². The van der Waals surface area contributed by atoms with Gasteiger partial charge in [0.15, 0.2) is 0 Å². The first-order valence-corrected chi connectivity index (χ1v) is 4.11. The molecule has 114 valence electrons. The molecule has 0 aliphatic rings. The molecule has 0 saturated heterocycles. The van der Waals surface area contributed by atoms with Crippen molar-refractivity contribution < 1.29 is 81.6 Å². The van der Waals surface area contributed by atoms with Crippen LogP contribution in [0, 0.1) is 20.8 Å². The number of halogens is 4. The third kappa shape index (κ3) is 804. The van der Waals surface area contributed by atoms with Gasteiger partial charge in [0.05, 0.1) is 0 Å². The zero-order valence-corrected chi connectivity index (χ0v) is 19.8. The van der Waals surface area contributed by atoms with Crippen LogP contribution >= 0.6 is 0 Å². The molecule has 0 aromatic rings. The summed E-state index contributed by atoms with van der Waals surface area (Å²) < 4.78 is 0. The molecule has 0 saturated carbocycles. The molecule has 0 bridgehead atoms. The zero-order chi connectivity index (χ0) is 11.4. The van der Waals surface area contributed by atoms with Gasteiger partial charge in [0.2, 0.25) is 0 Å². The van der Waals surface area contributed by atoms with E-state index in [1.807, 2.05) is 0 Å². The molecule has 0 aromatic heterocycles. The molecule has 0 atom stereocenters. The van der Waals surface area contributed by atoms with Crippen LogP contribution in [0.1, 0.15) is 34.6 Å². The zero-order valence-electron chi connectivity index (χ0n) is 12.6. The maximum atomic E-state index is 8.93. The van der Waals surface area contributed by atoms with Gasteiger partial charge < -0.3 is 80.6 Å². The van der Waals surface area contributed by atoms with E-state index in [2.05, 4.69) is 20.8 Å². The second kappa shape index (κ2) is 328. The largest absolute Gasteiger partial charge is 4.00 e. The Morgan fingerprint density at radius 3 is 0.632 bits per heavy atom. The van der Waals surface area contributed by atoms with Crippen molar-refractivity contribution >= 4 is 40.4 Å². The van der Waals surface area contributed by atoms with E-state index in [0.717, 1.165) is 0 Å². The van der Waals surface area contributed by atoms with E-state index in [1.165, 1.54) is 0 Å². The van der Waals surface area contributed by atoms with Gasteiger partial charge in [-0.15, -0.1) is 13.2 Å². The topological polar surface area (TPSA) is 46.1 Å². The monoisotopic (exact) mass is 416 g/mol. The maximum Gasteiger partial charge on any atom is 4.00 e. The predicted molar refractivity (Wildman–Crippen MR) is 65.7 cm³/mol. The van der Waals surface area contributed by atoms with Gasteiger partial charge in [-0.2, -0.15) is 20.8 Å². The smallest absolute Gasteiger partial charge is 1.00 e. The van der Waals surface area contributed by atoms with E-state index >= 15 is 0 Å². The van der Waals surface area contributed by atoms with Gasteiger partial charge in [-0.3, -0.25) is 0 Å². The second-order valence-corrected chi connectivity index (χ2v) is 0.577. The SMILES string of the molecule is CC[O-].CC[O-].[Al+3].[CH2-]C.[CH2-]C.[CH2-]C.[Cl-].[Cl-].[Cl-].[Cl-].[Mg+2].[Ti+4]. The van der Waals surface area contributed by atoms with Crippen molar-refractivity contribution in [3.05, 3.63) is 20.8 Å². The molecule has 0 aliphatic heterocycles. The molecule has 0 radical (unpaired) electrons. The van der Waals surface area contributed by atoms with Gasteiger partial charge in [-0.25, -0.2) is 0 Å². The van der Waals surface area contributed by atoms with Crippen LogP contribution in [0.2, 0.25) is 0 Å². The van der Waals surface area contributed by atoms with Crippen LogP contribution < -0.4 is 59.8 Å². The molecule has 0 rings (SSSR count). The van der Waals surface area contributed by atoms with E-state index in [9.17, 15) is 0 Å². The summed E-state index contributed by atoms with van der Waals surface area (Å²) >= 11 is 0. The van der Waals surface area contributed by atoms with E-state index in [-0.39, 0.29) is 125 Å². The quantitative estimate of drug-likeness (QED) is 0.290. The third-order valence-electron chi connectivity index (χ3n) is 0. The standard InChI is InChI=1S/2C2H5O.3C2H5.Al.4ClH.Mg.Ti/c2*1-2-3;3*1-2;;;;;;;/h2*2H2,1H3;3*1H2,2H3;;4*1H;;/q5*-1;+3;;;;;+2;+4/p-4. The minimum atomic E-state index is 0.